The fourth-order valence-corrected chi connectivity index (χ4v) is 3.70. The number of pyridine rings is 1. The van der Waals surface area contributed by atoms with Crippen molar-refractivity contribution in [3.63, 3.8) is 0 Å². The summed E-state index contributed by atoms with van der Waals surface area (Å²) in [6.07, 6.45) is 3.18. The van der Waals surface area contributed by atoms with E-state index in [0.29, 0.717) is 10.9 Å². The number of methoxy groups -OCH3 is 1. The van der Waals surface area contributed by atoms with Crippen molar-refractivity contribution in [1.82, 2.24) is 15.0 Å². The molecule has 2 aromatic heterocycles. The van der Waals surface area contributed by atoms with Gasteiger partial charge in [0.25, 0.3) is 0 Å². The Morgan fingerprint density at radius 2 is 2.12 bits per heavy atom. The molecule has 4 nitrogen and oxygen atoms in total. The third kappa shape index (κ3) is 3.09. The molecule has 0 saturated heterocycles. The first-order valence-corrected chi connectivity index (χ1v) is 7.22. The Hall–Kier alpha value is -0.832. The molecule has 0 bridgehead atoms. The molecule has 0 saturated carbocycles. The van der Waals surface area contributed by atoms with Gasteiger partial charge in [-0.25, -0.2) is 0 Å². The van der Waals surface area contributed by atoms with Crippen molar-refractivity contribution in [2.24, 2.45) is 0 Å². The van der Waals surface area contributed by atoms with Crippen LogP contribution in [0.5, 0.6) is 5.88 Å². The van der Waals surface area contributed by atoms with Crippen molar-refractivity contribution < 1.29 is 4.74 Å². The van der Waals surface area contributed by atoms with E-state index in [-0.39, 0.29) is 5.28 Å². The Morgan fingerprint density at radius 3 is 2.88 bits per heavy atom. The molecule has 0 atom stereocenters. The molecule has 0 aliphatic rings. The van der Waals surface area contributed by atoms with E-state index in [9.17, 15) is 0 Å². The van der Waals surface area contributed by atoms with Gasteiger partial charge in [0.2, 0.25) is 0 Å². The molecular weight excluding hydrogens is 324 g/mol. The van der Waals surface area contributed by atoms with Crippen LogP contribution in [0.2, 0.25) is 10.3 Å². The van der Waals surface area contributed by atoms with Gasteiger partial charge in [0.15, 0.2) is 0 Å². The molecule has 0 aliphatic heterocycles. The van der Waals surface area contributed by atoms with E-state index in [2.05, 4.69) is 15.0 Å². The SMILES string of the molecule is COc1ncccc1[As]c1nc(Cl)ncc1Cl. The summed E-state index contributed by atoms with van der Waals surface area (Å²) < 4.78 is 6.91. The maximum absolute atomic E-state index is 6.02. The summed E-state index contributed by atoms with van der Waals surface area (Å²) in [5.74, 6) is 0.596. The quantitative estimate of drug-likeness (QED) is 0.618. The molecule has 0 unspecified atom stereocenters. The molecule has 17 heavy (non-hydrogen) atoms. The molecule has 0 N–H and O–H groups in total. The summed E-state index contributed by atoms with van der Waals surface area (Å²) in [7, 11) is 1.58. The van der Waals surface area contributed by atoms with Crippen molar-refractivity contribution in [3.05, 3.63) is 34.8 Å². The van der Waals surface area contributed by atoms with Gasteiger partial charge in [0.05, 0.1) is 0 Å². The second-order valence-electron chi connectivity index (χ2n) is 2.95. The number of hydrogen-bond acceptors (Lipinski definition) is 4. The maximum atomic E-state index is 6.02. The minimum atomic E-state index is -0.432. The average Bonchev–Trinajstić information content (AvgIpc) is 2.34. The number of hydrogen-bond donors (Lipinski definition) is 0. The molecule has 2 aromatic rings. The van der Waals surface area contributed by atoms with Crippen LogP contribution in [0.1, 0.15) is 0 Å². The summed E-state index contributed by atoms with van der Waals surface area (Å²) in [4.78, 5) is 12.1. The number of halogens is 2. The molecule has 0 amide bonds. The molecule has 0 aromatic carbocycles. The predicted octanol–water partition coefficient (Wildman–Crippen LogP) is 0.842. The van der Waals surface area contributed by atoms with Crippen LogP contribution in [0.15, 0.2) is 24.5 Å². The van der Waals surface area contributed by atoms with Gasteiger partial charge in [-0.2, -0.15) is 0 Å². The minimum absolute atomic E-state index is 0.197. The fraction of sp³-hybridized carbons (Fsp3) is 0.100. The van der Waals surface area contributed by atoms with Crippen LogP contribution in [0, 0.1) is 0 Å². The van der Waals surface area contributed by atoms with E-state index < -0.39 is 15.8 Å². The Kier molecular flexibility index (Phi) is 4.21. The summed E-state index contributed by atoms with van der Waals surface area (Å²) in [6.45, 7) is 0. The summed E-state index contributed by atoms with van der Waals surface area (Å²) in [5, 5.41) is 0.711. The van der Waals surface area contributed by atoms with E-state index in [1.165, 1.54) is 6.20 Å². The van der Waals surface area contributed by atoms with E-state index >= 15 is 0 Å². The third-order valence-corrected chi connectivity index (χ3v) is 4.99. The van der Waals surface area contributed by atoms with Crippen LogP contribution in [-0.2, 0) is 0 Å². The first-order chi connectivity index (χ1) is 8.20. The molecule has 2 heterocycles. The van der Waals surface area contributed by atoms with Gasteiger partial charge in [0.1, 0.15) is 0 Å². The monoisotopic (exact) mass is 330 g/mol. The zero-order chi connectivity index (χ0) is 12.3. The van der Waals surface area contributed by atoms with E-state index in [4.69, 9.17) is 27.9 Å². The summed E-state index contributed by atoms with van der Waals surface area (Å²) >= 11 is 11.3. The Bertz CT molecular complexity index is 539. The van der Waals surface area contributed by atoms with Crippen LogP contribution < -0.4 is 13.6 Å². The zero-order valence-electron chi connectivity index (χ0n) is 8.76. The van der Waals surface area contributed by atoms with Crippen molar-refractivity contribution in [3.8, 4) is 5.88 Å². The van der Waals surface area contributed by atoms with E-state index in [1.54, 1.807) is 13.3 Å². The molecular formula is C10H7AsCl2N3O. The second kappa shape index (κ2) is 5.67. The van der Waals surface area contributed by atoms with Crippen LogP contribution in [0.4, 0.5) is 0 Å². The molecule has 7 heteroatoms. The van der Waals surface area contributed by atoms with Gasteiger partial charge in [-0.3, -0.25) is 0 Å². The van der Waals surface area contributed by atoms with Crippen LogP contribution >= 0.6 is 23.2 Å². The van der Waals surface area contributed by atoms with Gasteiger partial charge in [-0.1, -0.05) is 0 Å². The van der Waals surface area contributed by atoms with Gasteiger partial charge < -0.3 is 0 Å². The number of ether oxygens (including phenoxy) is 1. The number of nitrogens with zero attached hydrogens (tertiary/aromatic N) is 3. The normalized spacial score (nSPS) is 11.0. The van der Waals surface area contributed by atoms with Crippen molar-refractivity contribution in [2.45, 2.75) is 0 Å². The molecule has 87 valence electrons. The molecule has 0 fully saturated rings. The Labute approximate surface area is 115 Å². The number of rotatable bonds is 3. The van der Waals surface area contributed by atoms with Crippen molar-refractivity contribution in [2.75, 3.05) is 7.11 Å². The number of aromatic nitrogens is 3. The van der Waals surface area contributed by atoms with Gasteiger partial charge >= 0.3 is 115 Å². The van der Waals surface area contributed by atoms with Crippen LogP contribution in [0.3, 0.4) is 0 Å². The summed E-state index contributed by atoms with van der Waals surface area (Å²) in [6, 6.07) is 3.79. The van der Waals surface area contributed by atoms with Crippen LogP contribution in [0.25, 0.3) is 0 Å². The van der Waals surface area contributed by atoms with Gasteiger partial charge in [-0.15, -0.1) is 0 Å². The topological polar surface area (TPSA) is 47.9 Å². The first-order valence-electron chi connectivity index (χ1n) is 4.59. The average molecular weight is 331 g/mol. The second-order valence-corrected chi connectivity index (χ2v) is 6.07. The first kappa shape index (κ1) is 12.6. The van der Waals surface area contributed by atoms with Gasteiger partial charge in [-0.05, 0) is 0 Å². The molecule has 2 rings (SSSR count). The van der Waals surface area contributed by atoms with Gasteiger partial charge in [0, 0.05) is 0 Å². The standard InChI is InChI=1S/C10H7AsCl2N3O/c1-17-9-6(3-2-4-14-9)11-8-7(12)5-15-10(13)16-8/h2-5H,1H3. The Balaban J connectivity index is 2.34. The molecule has 1 radical (unpaired) electrons. The predicted molar refractivity (Wildman–Crippen MR) is 67.9 cm³/mol. The van der Waals surface area contributed by atoms with Crippen molar-refractivity contribution >= 4 is 47.8 Å². The third-order valence-electron chi connectivity index (χ3n) is 1.87. The molecule has 0 spiro atoms. The van der Waals surface area contributed by atoms with Crippen molar-refractivity contribution in [1.29, 1.82) is 0 Å². The summed E-state index contributed by atoms with van der Waals surface area (Å²) in [5.41, 5.74) is 0. The zero-order valence-corrected chi connectivity index (χ0v) is 12.2. The Morgan fingerprint density at radius 1 is 1.29 bits per heavy atom. The van der Waals surface area contributed by atoms with E-state index in [1.807, 2.05) is 12.1 Å². The molecule has 0 aliphatic carbocycles. The van der Waals surface area contributed by atoms with Crippen LogP contribution in [-0.4, -0.2) is 37.8 Å². The van der Waals surface area contributed by atoms with E-state index in [0.717, 1.165) is 8.83 Å². The fourth-order valence-electron chi connectivity index (χ4n) is 1.15.